The van der Waals surface area contributed by atoms with E-state index in [1.54, 1.807) is 0 Å². The summed E-state index contributed by atoms with van der Waals surface area (Å²) in [5.41, 5.74) is 0. The Morgan fingerprint density at radius 1 is 0.933 bits per heavy atom. The van der Waals surface area contributed by atoms with Crippen LogP contribution >= 0.6 is 0 Å². The molecular formula is C11H18O4. The van der Waals surface area contributed by atoms with E-state index in [9.17, 15) is 0 Å². The second kappa shape index (κ2) is 4.37. The highest BCUT2D eigenvalue weighted by molar-refractivity contribution is 4.90. The van der Waals surface area contributed by atoms with Crippen LogP contribution in [-0.4, -0.2) is 44.4 Å². The molecule has 3 fully saturated rings. The Morgan fingerprint density at radius 3 is 2.80 bits per heavy atom. The van der Waals surface area contributed by atoms with Gasteiger partial charge in [0.2, 0.25) is 0 Å². The molecule has 0 bridgehead atoms. The molecule has 0 spiro atoms. The standard InChI is InChI=1S/C11H18O4/c1-2-5-12-10(3-1)15-9-7-14-8-4-6-13-11(8)9/h8-11H,1-7H2/t8-,9+,10-,11+/m0/s1. The topological polar surface area (TPSA) is 36.9 Å². The van der Waals surface area contributed by atoms with Gasteiger partial charge in [0.15, 0.2) is 6.29 Å². The zero-order valence-electron chi connectivity index (χ0n) is 8.89. The van der Waals surface area contributed by atoms with Crippen LogP contribution in [0.4, 0.5) is 0 Å². The molecule has 3 saturated heterocycles. The molecule has 0 aromatic heterocycles. The van der Waals surface area contributed by atoms with Gasteiger partial charge in [-0.2, -0.15) is 0 Å². The van der Waals surface area contributed by atoms with Crippen molar-refractivity contribution in [3.8, 4) is 0 Å². The lowest BCUT2D eigenvalue weighted by Gasteiger charge is -2.27. The second-order valence-electron chi connectivity index (χ2n) is 4.47. The Hall–Kier alpha value is -0.160. The first-order chi connectivity index (χ1) is 7.43. The van der Waals surface area contributed by atoms with Gasteiger partial charge in [0.1, 0.15) is 12.2 Å². The van der Waals surface area contributed by atoms with Crippen LogP contribution in [0.15, 0.2) is 0 Å². The van der Waals surface area contributed by atoms with Crippen molar-refractivity contribution in [3.05, 3.63) is 0 Å². The van der Waals surface area contributed by atoms with Crippen LogP contribution in [0.25, 0.3) is 0 Å². The highest BCUT2D eigenvalue weighted by Crippen LogP contribution is 2.30. The summed E-state index contributed by atoms with van der Waals surface area (Å²) in [6.07, 6.45) is 4.84. The van der Waals surface area contributed by atoms with E-state index in [2.05, 4.69) is 0 Å². The Bertz CT molecular complexity index is 215. The third kappa shape index (κ3) is 2.04. The molecule has 3 aliphatic heterocycles. The van der Waals surface area contributed by atoms with Crippen LogP contribution in [0.3, 0.4) is 0 Å². The Labute approximate surface area is 89.8 Å². The van der Waals surface area contributed by atoms with E-state index < -0.39 is 0 Å². The maximum atomic E-state index is 5.89. The van der Waals surface area contributed by atoms with Crippen LogP contribution in [0.2, 0.25) is 0 Å². The molecule has 0 amide bonds. The fraction of sp³-hybridized carbons (Fsp3) is 1.00. The first-order valence-electron chi connectivity index (χ1n) is 5.94. The third-order valence-corrected chi connectivity index (χ3v) is 3.38. The minimum Gasteiger partial charge on any atom is -0.373 e. The van der Waals surface area contributed by atoms with Crippen LogP contribution in [0, 0.1) is 0 Å². The van der Waals surface area contributed by atoms with Crippen molar-refractivity contribution in [3.63, 3.8) is 0 Å². The predicted molar refractivity (Wildman–Crippen MR) is 52.6 cm³/mol. The minimum atomic E-state index is -0.0321. The molecule has 4 nitrogen and oxygen atoms in total. The van der Waals surface area contributed by atoms with E-state index in [-0.39, 0.29) is 24.6 Å². The third-order valence-electron chi connectivity index (χ3n) is 3.38. The normalized spacial score (nSPS) is 45.6. The van der Waals surface area contributed by atoms with E-state index in [4.69, 9.17) is 18.9 Å². The molecule has 3 heterocycles. The minimum absolute atomic E-state index is 0.0321. The van der Waals surface area contributed by atoms with Crippen LogP contribution < -0.4 is 0 Å². The largest absolute Gasteiger partial charge is 0.373 e. The molecule has 3 aliphatic rings. The Morgan fingerprint density at radius 2 is 1.93 bits per heavy atom. The van der Waals surface area contributed by atoms with E-state index in [1.807, 2.05) is 0 Å². The maximum absolute atomic E-state index is 5.89. The van der Waals surface area contributed by atoms with Gasteiger partial charge in [-0.05, 0) is 25.7 Å². The first kappa shape index (κ1) is 10.0. The van der Waals surface area contributed by atoms with Crippen molar-refractivity contribution in [2.24, 2.45) is 0 Å². The van der Waals surface area contributed by atoms with Gasteiger partial charge in [-0.25, -0.2) is 0 Å². The summed E-state index contributed by atoms with van der Waals surface area (Å²) in [5.74, 6) is 0. The average Bonchev–Trinajstić information content (AvgIpc) is 2.85. The summed E-state index contributed by atoms with van der Waals surface area (Å²) >= 11 is 0. The molecule has 4 heteroatoms. The molecule has 0 unspecified atom stereocenters. The van der Waals surface area contributed by atoms with Gasteiger partial charge in [-0.1, -0.05) is 0 Å². The zero-order valence-corrected chi connectivity index (χ0v) is 8.89. The number of ether oxygens (including phenoxy) is 4. The van der Waals surface area contributed by atoms with E-state index in [1.165, 1.54) is 6.42 Å². The van der Waals surface area contributed by atoms with Crippen LogP contribution in [0.5, 0.6) is 0 Å². The van der Waals surface area contributed by atoms with E-state index >= 15 is 0 Å². The molecule has 3 rings (SSSR count). The van der Waals surface area contributed by atoms with Gasteiger partial charge >= 0.3 is 0 Å². The van der Waals surface area contributed by atoms with Crippen LogP contribution in [-0.2, 0) is 18.9 Å². The second-order valence-corrected chi connectivity index (χ2v) is 4.47. The number of rotatable bonds is 2. The first-order valence-corrected chi connectivity index (χ1v) is 5.94. The molecule has 4 atom stereocenters. The highest BCUT2D eigenvalue weighted by atomic mass is 16.7. The number of hydrogen-bond donors (Lipinski definition) is 0. The van der Waals surface area contributed by atoms with Gasteiger partial charge in [-0.3, -0.25) is 0 Å². The average molecular weight is 214 g/mol. The summed E-state index contributed by atoms with van der Waals surface area (Å²) in [4.78, 5) is 0. The molecule has 0 saturated carbocycles. The summed E-state index contributed by atoms with van der Waals surface area (Å²) in [6, 6.07) is 0. The van der Waals surface area contributed by atoms with Gasteiger partial charge in [0.05, 0.1) is 12.7 Å². The van der Waals surface area contributed by atoms with Crippen molar-refractivity contribution < 1.29 is 18.9 Å². The lowest BCUT2D eigenvalue weighted by atomic mass is 10.1. The van der Waals surface area contributed by atoms with Gasteiger partial charge in [0.25, 0.3) is 0 Å². The fourth-order valence-electron chi connectivity index (χ4n) is 2.56. The lowest BCUT2D eigenvalue weighted by molar-refractivity contribution is -0.201. The van der Waals surface area contributed by atoms with Crippen molar-refractivity contribution in [2.75, 3.05) is 19.8 Å². The van der Waals surface area contributed by atoms with Gasteiger partial charge < -0.3 is 18.9 Å². The van der Waals surface area contributed by atoms with Crippen molar-refractivity contribution >= 4 is 0 Å². The molecule has 0 aromatic rings. The molecule has 0 aliphatic carbocycles. The molecule has 0 N–H and O–H groups in total. The predicted octanol–water partition coefficient (Wildman–Crippen LogP) is 1.09. The zero-order chi connectivity index (χ0) is 10.1. The Kier molecular flexibility index (Phi) is 2.92. The molecule has 0 radical (unpaired) electrons. The fourth-order valence-corrected chi connectivity index (χ4v) is 2.56. The molecule has 86 valence electrons. The molecular weight excluding hydrogens is 196 g/mol. The molecule has 0 aromatic carbocycles. The van der Waals surface area contributed by atoms with Crippen molar-refractivity contribution in [2.45, 2.75) is 50.3 Å². The monoisotopic (exact) mass is 214 g/mol. The van der Waals surface area contributed by atoms with Crippen molar-refractivity contribution in [1.29, 1.82) is 0 Å². The van der Waals surface area contributed by atoms with Crippen molar-refractivity contribution in [1.82, 2.24) is 0 Å². The number of fused-ring (bicyclic) bond motifs is 1. The smallest absolute Gasteiger partial charge is 0.158 e. The summed E-state index contributed by atoms with van der Waals surface area (Å²) in [6.45, 7) is 2.29. The number of hydrogen-bond acceptors (Lipinski definition) is 4. The quantitative estimate of drug-likeness (QED) is 0.689. The highest BCUT2D eigenvalue weighted by Gasteiger charge is 2.43. The molecule has 15 heavy (non-hydrogen) atoms. The van der Waals surface area contributed by atoms with Gasteiger partial charge in [0, 0.05) is 13.2 Å². The lowest BCUT2D eigenvalue weighted by Crippen LogP contribution is -2.35. The summed E-state index contributed by atoms with van der Waals surface area (Å²) < 4.78 is 22.7. The van der Waals surface area contributed by atoms with Crippen LogP contribution in [0.1, 0.15) is 25.7 Å². The van der Waals surface area contributed by atoms with E-state index in [0.29, 0.717) is 6.61 Å². The SMILES string of the molecule is C1CC[C@H](O[C@@H]2CO[C@H]3CCO[C@H]32)OC1. The van der Waals surface area contributed by atoms with E-state index in [0.717, 1.165) is 32.5 Å². The Balaban J connectivity index is 1.54. The summed E-state index contributed by atoms with van der Waals surface area (Å²) in [7, 11) is 0. The van der Waals surface area contributed by atoms with Gasteiger partial charge in [-0.15, -0.1) is 0 Å². The maximum Gasteiger partial charge on any atom is 0.158 e. The summed E-state index contributed by atoms with van der Waals surface area (Å²) in [5, 5.41) is 0.